The van der Waals surface area contributed by atoms with Gasteiger partial charge in [0.05, 0.1) is 0 Å². The van der Waals surface area contributed by atoms with Crippen LogP contribution in [0.1, 0.15) is 23.2 Å². The van der Waals surface area contributed by atoms with E-state index in [2.05, 4.69) is 28.5 Å². The molecule has 5 heteroatoms. The van der Waals surface area contributed by atoms with E-state index in [-0.39, 0.29) is 18.6 Å². The fraction of sp³-hybridized carbons (Fsp3) is 0.286. The Morgan fingerprint density at radius 2 is 2.04 bits per heavy atom. The molecule has 132 valence electrons. The first-order valence-corrected chi connectivity index (χ1v) is 9.02. The Labute approximate surface area is 151 Å². The Bertz CT molecular complexity index is 992. The van der Waals surface area contributed by atoms with E-state index in [0.717, 1.165) is 36.3 Å². The number of aryl methyl sites for hydroxylation is 1. The van der Waals surface area contributed by atoms with Crippen molar-refractivity contribution in [1.82, 2.24) is 10.3 Å². The fourth-order valence-electron chi connectivity index (χ4n) is 3.98. The zero-order valence-corrected chi connectivity index (χ0v) is 14.4. The van der Waals surface area contributed by atoms with E-state index >= 15 is 0 Å². The molecule has 0 bridgehead atoms. The molecule has 1 atom stereocenters. The lowest BCUT2D eigenvalue weighted by Crippen LogP contribution is -2.33. The SMILES string of the molecule is O=C(NCc1ccc2c(c1)OCO2)C1CCc2[nH]c3ccccc3c2C1. The maximum absolute atomic E-state index is 12.7. The molecule has 5 nitrogen and oxygen atoms in total. The summed E-state index contributed by atoms with van der Waals surface area (Å²) in [5.41, 5.74) is 4.77. The summed E-state index contributed by atoms with van der Waals surface area (Å²) in [7, 11) is 0. The number of carbonyl (C=O) groups is 1. The third-order valence-electron chi connectivity index (χ3n) is 5.37. The van der Waals surface area contributed by atoms with E-state index in [1.165, 1.54) is 22.2 Å². The Kier molecular flexibility index (Phi) is 3.59. The number of nitrogens with one attached hydrogen (secondary N) is 2. The van der Waals surface area contributed by atoms with Crippen molar-refractivity contribution in [2.24, 2.45) is 5.92 Å². The normalized spacial score (nSPS) is 17.9. The second kappa shape index (κ2) is 6.09. The molecule has 0 saturated heterocycles. The topological polar surface area (TPSA) is 63.4 Å². The number of hydrogen-bond acceptors (Lipinski definition) is 3. The van der Waals surface area contributed by atoms with Gasteiger partial charge in [0.15, 0.2) is 11.5 Å². The molecule has 0 saturated carbocycles. The average Bonchev–Trinajstić information content (AvgIpc) is 3.29. The zero-order valence-electron chi connectivity index (χ0n) is 14.4. The van der Waals surface area contributed by atoms with Crippen LogP contribution in [0.25, 0.3) is 10.9 Å². The molecule has 2 aliphatic rings. The summed E-state index contributed by atoms with van der Waals surface area (Å²) in [6.07, 6.45) is 2.60. The average molecular weight is 348 g/mol. The van der Waals surface area contributed by atoms with E-state index in [1.807, 2.05) is 24.3 Å². The highest BCUT2D eigenvalue weighted by Crippen LogP contribution is 2.33. The third-order valence-corrected chi connectivity index (χ3v) is 5.37. The van der Waals surface area contributed by atoms with Crippen LogP contribution in [0.2, 0.25) is 0 Å². The number of rotatable bonds is 3. The second-order valence-corrected chi connectivity index (χ2v) is 6.97. The van der Waals surface area contributed by atoms with E-state index < -0.39 is 0 Å². The number of aromatic nitrogens is 1. The van der Waals surface area contributed by atoms with Crippen molar-refractivity contribution in [2.75, 3.05) is 6.79 Å². The molecule has 0 radical (unpaired) electrons. The molecular formula is C21H20N2O3. The van der Waals surface area contributed by atoms with E-state index in [1.54, 1.807) is 0 Å². The fourth-order valence-corrected chi connectivity index (χ4v) is 3.98. The van der Waals surface area contributed by atoms with Gasteiger partial charge in [-0.1, -0.05) is 24.3 Å². The maximum atomic E-state index is 12.7. The molecule has 3 aromatic rings. The minimum atomic E-state index is 0.0238. The lowest BCUT2D eigenvalue weighted by atomic mass is 9.86. The van der Waals surface area contributed by atoms with Crippen LogP contribution in [0.5, 0.6) is 11.5 Å². The number of aromatic amines is 1. The van der Waals surface area contributed by atoms with Crippen molar-refractivity contribution in [3.05, 3.63) is 59.3 Å². The Morgan fingerprint density at radius 1 is 1.15 bits per heavy atom. The van der Waals surface area contributed by atoms with Gasteiger partial charge < -0.3 is 19.8 Å². The predicted molar refractivity (Wildman–Crippen MR) is 98.2 cm³/mol. The Morgan fingerprint density at radius 3 is 3.00 bits per heavy atom. The Balaban J connectivity index is 1.28. The van der Waals surface area contributed by atoms with Crippen molar-refractivity contribution in [3.8, 4) is 11.5 Å². The van der Waals surface area contributed by atoms with Crippen LogP contribution in [0, 0.1) is 5.92 Å². The quantitative estimate of drug-likeness (QED) is 0.763. The van der Waals surface area contributed by atoms with E-state index in [9.17, 15) is 4.79 Å². The van der Waals surface area contributed by atoms with Crippen LogP contribution in [0.15, 0.2) is 42.5 Å². The first-order valence-electron chi connectivity index (χ1n) is 9.02. The molecule has 2 aromatic carbocycles. The number of ether oxygens (including phenoxy) is 2. The van der Waals surface area contributed by atoms with E-state index in [0.29, 0.717) is 6.54 Å². The summed E-state index contributed by atoms with van der Waals surface area (Å²) in [5, 5.41) is 4.33. The molecule has 5 rings (SSSR count). The van der Waals surface area contributed by atoms with Gasteiger partial charge in [0.2, 0.25) is 12.7 Å². The summed E-state index contributed by atoms with van der Waals surface area (Å²) in [4.78, 5) is 16.2. The Hall–Kier alpha value is -2.95. The minimum Gasteiger partial charge on any atom is -0.454 e. The van der Waals surface area contributed by atoms with Gasteiger partial charge >= 0.3 is 0 Å². The van der Waals surface area contributed by atoms with Gasteiger partial charge in [-0.2, -0.15) is 0 Å². The lowest BCUT2D eigenvalue weighted by Gasteiger charge is -2.22. The highest BCUT2D eigenvalue weighted by atomic mass is 16.7. The number of H-pyrrole nitrogens is 1. The molecule has 0 spiro atoms. The first kappa shape index (κ1) is 15.3. The maximum Gasteiger partial charge on any atom is 0.231 e. The standard InChI is InChI=1S/C21H20N2O3/c24-21(22-11-13-5-8-19-20(9-13)26-12-25-19)14-6-7-18-16(10-14)15-3-1-2-4-17(15)23-18/h1-5,8-9,14,23H,6-7,10-12H2,(H,22,24). The summed E-state index contributed by atoms with van der Waals surface area (Å²) >= 11 is 0. The predicted octanol–water partition coefficient (Wildman–Crippen LogP) is 3.32. The molecule has 26 heavy (non-hydrogen) atoms. The first-order chi connectivity index (χ1) is 12.8. The van der Waals surface area contributed by atoms with Gasteiger partial charge in [0.1, 0.15) is 0 Å². The second-order valence-electron chi connectivity index (χ2n) is 6.97. The number of benzene rings is 2. The zero-order chi connectivity index (χ0) is 17.5. The number of hydrogen-bond donors (Lipinski definition) is 2. The van der Waals surface area contributed by atoms with Crippen molar-refractivity contribution in [2.45, 2.75) is 25.8 Å². The largest absolute Gasteiger partial charge is 0.454 e. The van der Waals surface area contributed by atoms with Crippen molar-refractivity contribution < 1.29 is 14.3 Å². The van der Waals surface area contributed by atoms with Crippen LogP contribution >= 0.6 is 0 Å². The van der Waals surface area contributed by atoms with Gasteiger partial charge in [0.25, 0.3) is 0 Å². The van der Waals surface area contributed by atoms with Gasteiger partial charge in [-0.05, 0) is 48.6 Å². The number of carbonyl (C=O) groups excluding carboxylic acids is 1. The molecular weight excluding hydrogens is 328 g/mol. The number of para-hydroxylation sites is 1. The lowest BCUT2D eigenvalue weighted by molar-refractivity contribution is -0.125. The van der Waals surface area contributed by atoms with Gasteiger partial charge in [-0.25, -0.2) is 0 Å². The summed E-state index contributed by atoms with van der Waals surface area (Å²) in [6, 6.07) is 14.1. The third kappa shape index (κ3) is 2.60. The highest BCUT2D eigenvalue weighted by Gasteiger charge is 2.27. The van der Waals surface area contributed by atoms with Gasteiger partial charge in [-0.15, -0.1) is 0 Å². The van der Waals surface area contributed by atoms with Crippen molar-refractivity contribution in [1.29, 1.82) is 0 Å². The molecule has 1 unspecified atom stereocenters. The molecule has 1 aliphatic carbocycles. The summed E-state index contributed by atoms with van der Waals surface area (Å²) < 4.78 is 10.7. The molecule has 1 aliphatic heterocycles. The monoisotopic (exact) mass is 348 g/mol. The number of amides is 1. The van der Waals surface area contributed by atoms with Crippen LogP contribution in [0.3, 0.4) is 0 Å². The van der Waals surface area contributed by atoms with E-state index in [4.69, 9.17) is 9.47 Å². The van der Waals surface area contributed by atoms with Crippen molar-refractivity contribution in [3.63, 3.8) is 0 Å². The van der Waals surface area contributed by atoms with Crippen LogP contribution in [0.4, 0.5) is 0 Å². The van der Waals surface area contributed by atoms with Crippen molar-refractivity contribution >= 4 is 16.8 Å². The smallest absolute Gasteiger partial charge is 0.231 e. The molecule has 1 amide bonds. The molecule has 0 fully saturated rings. The van der Waals surface area contributed by atoms with Gasteiger partial charge in [-0.3, -0.25) is 4.79 Å². The van der Waals surface area contributed by atoms with Crippen LogP contribution < -0.4 is 14.8 Å². The minimum absolute atomic E-state index is 0.0238. The molecule has 2 N–H and O–H groups in total. The molecule has 2 heterocycles. The molecule has 1 aromatic heterocycles. The van der Waals surface area contributed by atoms with Crippen LogP contribution in [-0.2, 0) is 24.2 Å². The van der Waals surface area contributed by atoms with Gasteiger partial charge in [0, 0.05) is 29.1 Å². The summed E-state index contributed by atoms with van der Waals surface area (Å²) in [5.74, 6) is 1.66. The van der Waals surface area contributed by atoms with Crippen LogP contribution in [-0.4, -0.2) is 17.7 Å². The number of fused-ring (bicyclic) bond motifs is 4. The highest BCUT2D eigenvalue weighted by molar-refractivity contribution is 5.87. The summed E-state index contributed by atoms with van der Waals surface area (Å²) in [6.45, 7) is 0.771.